The Morgan fingerprint density at radius 1 is 1.24 bits per heavy atom. The quantitative estimate of drug-likeness (QED) is 0.882. The number of nitrogens with zero attached hydrogens (tertiary/aromatic N) is 2. The fraction of sp³-hybridized carbons (Fsp3) is 0.214. The minimum atomic E-state index is -4.45. The van der Waals surface area contributed by atoms with Crippen molar-refractivity contribution in [2.75, 3.05) is 0 Å². The van der Waals surface area contributed by atoms with E-state index in [9.17, 15) is 18.0 Å². The molecule has 4 nitrogen and oxygen atoms in total. The minimum Gasteiger partial charge on any atom is -0.353 e. The summed E-state index contributed by atoms with van der Waals surface area (Å²) in [5, 5.41) is 2.49. The molecule has 0 unspecified atom stereocenters. The maximum absolute atomic E-state index is 12.5. The Morgan fingerprint density at radius 2 is 2.00 bits per heavy atom. The Labute approximate surface area is 119 Å². The zero-order valence-electron chi connectivity index (χ0n) is 11.1. The van der Waals surface area contributed by atoms with Gasteiger partial charge in [0, 0.05) is 17.5 Å². The number of carbonyl (C=O) groups excluding carboxylic acids is 1. The monoisotopic (exact) mass is 295 g/mol. The lowest BCUT2D eigenvalue weighted by Crippen LogP contribution is -2.11. The molecule has 2 rings (SSSR count). The van der Waals surface area contributed by atoms with Crippen LogP contribution in [0, 0.1) is 6.92 Å². The second kappa shape index (κ2) is 5.90. The van der Waals surface area contributed by atoms with Crippen LogP contribution in [0.2, 0.25) is 0 Å². The van der Waals surface area contributed by atoms with Gasteiger partial charge in [0.05, 0.1) is 12.2 Å². The van der Waals surface area contributed by atoms with Crippen LogP contribution in [0.25, 0.3) is 11.1 Å². The highest BCUT2D eigenvalue weighted by Crippen LogP contribution is 2.29. The van der Waals surface area contributed by atoms with Crippen molar-refractivity contribution in [1.82, 2.24) is 15.3 Å². The number of pyridine rings is 2. The van der Waals surface area contributed by atoms with Gasteiger partial charge in [0.2, 0.25) is 6.41 Å². The number of amides is 1. The second-order valence-corrected chi connectivity index (χ2v) is 4.42. The third-order valence-electron chi connectivity index (χ3n) is 2.76. The van der Waals surface area contributed by atoms with Crippen LogP contribution < -0.4 is 5.32 Å². The Balaban J connectivity index is 2.33. The highest BCUT2D eigenvalue weighted by atomic mass is 19.4. The standard InChI is InChI=1S/C14H12F3N3O/c1-9-4-11(5-12(20-9)7-18-8-21)10-2-3-13(19-6-10)14(15,16)17/h2-6,8H,7H2,1H3,(H,18,21). The van der Waals surface area contributed by atoms with Gasteiger partial charge in [0.25, 0.3) is 0 Å². The molecule has 0 spiro atoms. The van der Waals surface area contributed by atoms with Crippen molar-refractivity contribution < 1.29 is 18.0 Å². The Morgan fingerprint density at radius 3 is 2.57 bits per heavy atom. The van der Waals surface area contributed by atoms with Crippen LogP contribution in [-0.4, -0.2) is 16.4 Å². The topological polar surface area (TPSA) is 54.9 Å². The van der Waals surface area contributed by atoms with Gasteiger partial charge in [-0.3, -0.25) is 14.8 Å². The zero-order chi connectivity index (χ0) is 15.5. The summed E-state index contributed by atoms with van der Waals surface area (Å²) >= 11 is 0. The van der Waals surface area contributed by atoms with Crippen molar-refractivity contribution in [2.45, 2.75) is 19.6 Å². The van der Waals surface area contributed by atoms with E-state index in [1.165, 1.54) is 12.3 Å². The zero-order valence-corrected chi connectivity index (χ0v) is 11.1. The summed E-state index contributed by atoms with van der Waals surface area (Å²) in [6.07, 6.45) is -2.72. The average molecular weight is 295 g/mol. The van der Waals surface area contributed by atoms with Crippen LogP contribution >= 0.6 is 0 Å². The molecule has 1 N–H and O–H groups in total. The molecule has 0 saturated carbocycles. The van der Waals surface area contributed by atoms with Gasteiger partial charge in [-0.05, 0) is 30.7 Å². The van der Waals surface area contributed by atoms with E-state index in [2.05, 4.69) is 15.3 Å². The van der Waals surface area contributed by atoms with Gasteiger partial charge in [-0.25, -0.2) is 0 Å². The molecule has 7 heteroatoms. The third kappa shape index (κ3) is 3.77. The SMILES string of the molecule is Cc1cc(-c2ccc(C(F)(F)F)nc2)cc(CNC=O)n1. The molecular formula is C14H12F3N3O. The van der Waals surface area contributed by atoms with Gasteiger partial charge in [0.1, 0.15) is 5.69 Å². The molecule has 0 aliphatic heterocycles. The molecule has 0 bridgehead atoms. The van der Waals surface area contributed by atoms with E-state index in [4.69, 9.17) is 0 Å². The van der Waals surface area contributed by atoms with Crippen molar-refractivity contribution in [3.8, 4) is 11.1 Å². The van der Waals surface area contributed by atoms with Gasteiger partial charge >= 0.3 is 6.18 Å². The van der Waals surface area contributed by atoms with Crippen LogP contribution in [0.4, 0.5) is 13.2 Å². The van der Waals surface area contributed by atoms with E-state index in [0.29, 0.717) is 28.9 Å². The molecule has 0 aliphatic carbocycles. The average Bonchev–Trinajstić information content (AvgIpc) is 2.44. The molecule has 0 atom stereocenters. The Kier molecular flexibility index (Phi) is 4.21. The first-order chi connectivity index (χ1) is 9.90. The van der Waals surface area contributed by atoms with Gasteiger partial charge in [0.15, 0.2) is 0 Å². The molecule has 2 aromatic rings. The van der Waals surface area contributed by atoms with Crippen molar-refractivity contribution in [3.05, 3.63) is 47.5 Å². The fourth-order valence-corrected chi connectivity index (χ4v) is 1.87. The maximum Gasteiger partial charge on any atom is 0.433 e. The largest absolute Gasteiger partial charge is 0.433 e. The summed E-state index contributed by atoms with van der Waals surface area (Å²) in [6, 6.07) is 5.75. The first-order valence-electron chi connectivity index (χ1n) is 6.08. The van der Waals surface area contributed by atoms with Gasteiger partial charge < -0.3 is 5.32 Å². The predicted molar refractivity (Wildman–Crippen MR) is 70.1 cm³/mol. The lowest BCUT2D eigenvalue weighted by atomic mass is 10.1. The highest BCUT2D eigenvalue weighted by molar-refractivity contribution is 5.63. The van der Waals surface area contributed by atoms with E-state index >= 15 is 0 Å². The van der Waals surface area contributed by atoms with E-state index in [0.717, 1.165) is 6.07 Å². The van der Waals surface area contributed by atoms with Gasteiger partial charge in [-0.2, -0.15) is 13.2 Å². The number of alkyl halides is 3. The van der Waals surface area contributed by atoms with Crippen molar-refractivity contribution in [1.29, 1.82) is 0 Å². The van der Waals surface area contributed by atoms with Crippen LogP contribution in [0.15, 0.2) is 30.5 Å². The predicted octanol–water partition coefficient (Wildman–Crippen LogP) is 2.72. The Bertz CT molecular complexity index is 639. The molecule has 1 amide bonds. The lowest BCUT2D eigenvalue weighted by Gasteiger charge is -2.09. The lowest BCUT2D eigenvalue weighted by molar-refractivity contribution is -0.141. The minimum absolute atomic E-state index is 0.256. The molecule has 0 aromatic carbocycles. The summed E-state index contributed by atoms with van der Waals surface area (Å²) in [5.74, 6) is 0. The van der Waals surface area contributed by atoms with Crippen molar-refractivity contribution >= 4 is 6.41 Å². The normalized spacial score (nSPS) is 11.2. The number of hydrogen-bond acceptors (Lipinski definition) is 3. The van der Waals surface area contributed by atoms with E-state index in [1.54, 1.807) is 19.1 Å². The molecule has 2 heterocycles. The molecule has 0 radical (unpaired) electrons. The number of halogens is 3. The molecule has 21 heavy (non-hydrogen) atoms. The maximum atomic E-state index is 12.5. The molecule has 0 saturated heterocycles. The first-order valence-corrected chi connectivity index (χ1v) is 6.08. The molecule has 0 fully saturated rings. The number of aromatic nitrogens is 2. The molecule has 110 valence electrons. The van der Waals surface area contributed by atoms with Crippen LogP contribution in [0.3, 0.4) is 0 Å². The second-order valence-electron chi connectivity index (χ2n) is 4.42. The summed E-state index contributed by atoms with van der Waals surface area (Å²) in [4.78, 5) is 18.0. The van der Waals surface area contributed by atoms with Crippen molar-refractivity contribution in [3.63, 3.8) is 0 Å². The van der Waals surface area contributed by atoms with E-state index in [-0.39, 0.29) is 6.54 Å². The third-order valence-corrected chi connectivity index (χ3v) is 2.76. The number of rotatable bonds is 4. The smallest absolute Gasteiger partial charge is 0.353 e. The fourth-order valence-electron chi connectivity index (χ4n) is 1.87. The Hall–Kier alpha value is -2.44. The van der Waals surface area contributed by atoms with Gasteiger partial charge in [-0.15, -0.1) is 0 Å². The number of carbonyl (C=O) groups is 1. The number of hydrogen-bond donors (Lipinski definition) is 1. The van der Waals surface area contributed by atoms with Crippen LogP contribution in [-0.2, 0) is 17.5 Å². The van der Waals surface area contributed by atoms with Gasteiger partial charge in [-0.1, -0.05) is 6.07 Å². The van der Waals surface area contributed by atoms with Crippen LogP contribution in [0.5, 0.6) is 0 Å². The van der Waals surface area contributed by atoms with E-state index < -0.39 is 11.9 Å². The highest BCUT2D eigenvalue weighted by Gasteiger charge is 2.32. The van der Waals surface area contributed by atoms with Crippen molar-refractivity contribution in [2.24, 2.45) is 0 Å². The summed E-state index contributed by atoms with van der Waals surface area (Å²) in [7, 11) is 0. The first kappa shape index (κ1) is 15.0. The molecular weight excluding hydrogens is 283 g/mol. The summed E-state index contributed by atoms with van der Waals surface area (Å²) in [5.41, 5.74) is 1.65. The van der Waals surface area contributed by atoms with E-state index in [1.807, 2.05) is 0 Å². The molecule has 2 aromatic heterocycles. The summed E-state index contributed by atoms with van der Waals surface area (Å²) in [6.45, 7) is 2.03. The number of aryl methyl sites for hydroxylation is 1. The summed E-state index contributed by atoms with van der Waals surface area (Å²) < 4.78 is 37.4. The van der Waals surface area contributed by atoms with Crippen LogP contribution in [0.1, 0.15) is 17.1 Å². The number of nitrogens with one attached hydrogen (secondary N) is 1. The molecule has 0 aliphatic rings.